The minimum Gasteiger partial charge on any atom is -0.352 e. The highest BCUT2D eigenvalue weighted by Crippen LogP contribution is 2.38. The molecule has 6 nitrogen and oxygen atoms in total. The van der Waals surface area contributed by atoms with E-state index in [0.29, 0.717) is 12.0 Å². The first-order valence-electron chi connectivity index (χ1n) is 8.98. The zero-order valence-corrected chi connectivity index (χ0v) is 14.4. The average molecular weight is 334 g/mol. The van der Waals surface area contributed by atoms with Gasteiger partial charge in [0, 0.05) is 44.0 Å². The molecular formula is C19H22N6. The Hall–Kier alpha value is -2.47. The maximum absolute atomic E-state index is 4.69. The number of anilines is 1. The first-order chi connectivity index (χ1) is 12.3. The van der Waals surface area contributed by atoms with Crippen LogP contribution in [0.15, 0.2) is 42.7 Å². The lowest BCUT2D eigenvalue weighted by atomic mass is 10.1. The van der Waals surface area contributed by atoms with Crippen molar-refractivity contribution in [3.05, 3.63) is 54.1 Å². The number of hydrogen-bond donors (Lipinski definition) is 0. The molecule has 0 atom stereocenters. The minimum atomic E-state index is 0.537. The quantitative estimate of drug-likeness (QED) is 0.717. The van der Waals surface area contributed by atoms with Gasteiger partial charge in [-0.15, -0.1) is 5.10 Å². The number of fused-ring (bicyclic) bond motifs is 1. The highest BCUT2D eigenvalue weighted by atomic mass is 15.4. The molecule has 1 saturated carbocycles. The standard InChI is InChI=1S/C19H22N6/c1-23(10-15-11-24-9-3-2-4-18(24)20-15)16-12-25(13-16)19-8-7-17(21-22-19)14-5-6-14/h2-4,7-9,11,14,16H,5-6,10,12-13H2,1H3. The van der Waals surface area contributed by atoms with Gasteiger partial charge in [0.15, 0.2) is 5.82 Å². The van der Waals surface area contributed by atoms with E-state index in [2.05, 4.69) is 54.8 Å². The molecule has 2 aliphatic rings. The topological polar surface area (TPSA) is 49.6 Å². The van der Waals surface area contributed by atoms with Gasteiger partial charge >= 0.3 is 0 Å². The summed E-state index contributed by atoms with van der Waals surface area (Å²) in [5.74, 6) is 1.67. The molecule has 3 aromatic heterocycles. The first kappa shape index (κ1) is 14.8. The van der Waals surface area contributed by atoms with Crippen LogP contribution >= 0.6 is 0 Å². The van der Waals surface area contributed by atoms with Crippen LogP contribution < -0.4 is 4.90 Å². The number of imidazole rings is 1. The number of likely N-dealkylation sites (N-methyl/N-ethyl adjacent to an activating group) is 1. The van der Waals surface area contributed by atoms with Crippen molar-refractivity contribution < 1.29 is 0 Å². The molecule has 0 N–H and O–H groups in total. The van der Waals surface area contributed by atoms with Crippen LogP contribution in [0.25, 0.3) is 5.65 Å². The highest BCUT2D eigenvalue weighted by Gasteiger charge is 2.32. The van der Waals surface area contributed by atoms with Gasteiger partial charge in [-0.2, -0.15) is 5.10 Å². The van der Waals surface area contributed by atoms with Gasteiger partial charge in [-0.05, 0) is 44.2 Å². The van der Waals surface area contributed by atoms with E-state index in [1.54, 1.807) is 0 Å². The maximum atomic E-state index is 4.69. The predicted octanol–water partition coefficient (Wildman–Crippen LogP) is 2.32. The summed E-state index contributed by atoms with van der Waals surface area (Å²) in [6.07, 6.45) is 6.70. The monoisotopic (exact) mass is 334 g/mol. The molecule has 1 aliphatic heterocycles. The van der Waals surface area contributed by atoms with Gasteiger partial charge in [0.1, 0.15) is 5.65 Å². The first-order valence-corrected chi connectivity index (χ1v) is 8.98. The second-order valence-corrected chi connectivity index (χ2v) is 7.26. The number of nitrogens with zero attached hydrogens (tertiary/aromatic N) is 6. The van der Waals surface area contributed by atoms with Crippen molar-refractivity contribution in [3.8, 4) is 0 Å². The Morgan fingerprint density at radius 1 is 1.12 bits per heavy atom. The molecule has 1 saturated heterocycles. The van der Waals surface area contributed by atoms with Crippen LogP contribution in [0.3, 0.4) is 0 Å². The number of aromatic nitrogens is 4. The smallest absolute Gasteiger partial charge is 0.151 e. The van der Waals surface area contributed by atoms with E-state index in [-0.39, 0.29) is 0 Å². The second-order valence-electron chi connectivity index (χ2n) is 7.26. The average Bonchev–Trinajstić information content (AvgIpc) is 3.34. The van der Waals surface area contributed by atoms with E-state index < -0.39 is 0 Å². The highest BCUT2D eigenvalue weighted by molar-refractivity contribution is 5.42. The molecule has 5 rings (SSSR count). The van der Waals surface area contributed by atoms with Crippen LogP contribution in [0.1, 0.15) is 30.1 Å². The molecule has 128 valence electrons. The molecule has 3 aromatic rings. The van der Waals surface area contributed by atoms with Crippen LogP contribution in [0.2, 0.25) is 0 Å². The molecule has 4 heterocycles. The number of hydrogen-bond acceptors (Lipinski definition) is 5. The SMILES string of the molecule is CN(Cc1cn2ccccc2n1)C1CN(c2ccc(C3CC3)nn2)C1. The number of pyridine rings is 1. The van der Waals surface area contributed by atoms with Crippen molar-refractivity contribution in [1.29, 1.82) is 0 Å². The third kappa shape index (κ3) is 2.87. The van der Waals surface area contributed by atoms with E-state index in [1.165, 1.54) is 12.8 Å². The zero-order valence-electron chi connectivity index (χ0n) is 14.4. The molecule has 25 heavy (non-hydrogen) atoms. The third-order valence-electron chi connectivity index (χ3n) is 5.30. The third-order valence-corrected chi connectivity index (χ3v) is 5.30. The molecule has 0 amide bonds. The largest absolute Gasteiger partial charge is 0.352 e. The lowest BCUT2D eigenvalue weighted by Gasteiger charge is -2.44. The molecule has 0 radical (unpaired) electrons. The summed E-state index contributed by atoms with van der Waals surface area (Å²) in [6.45, 7) is 2.87. The van der Waals surface area contributed by atoms with Crippen molar-refractivity contribution in [2.75, 3.05) is 25.0 Å². The van der Waals surface area contributed by atoms with Gasteiger partial charge < -0.3 is 9.30 Å². The van der Waals surface area contributed by atoms with Crippen molar-refractivity contribution in [2.24, 2.45) is 0 Å². The molecule has 0 bridgehead atoms. The Balaban J connectivity index is 1.19. The van der Waals surface area contributed by atoms with Gasteiger partial charge in [0.25, 0.3) is 0 Å². The molecule has 0 unspecified atom stereocenters. The fourth-order valence-corrected chi connectivity index (χ4v) is 3.47. The van der Waals surface area contributed by atoms with Gasteiger partial charge in [-0.1, -0.05) is 6.07 Å². The summed E-state index contributed by atoms with van der Waals surface area (Å²) in [5.41, 5.74) is 3.28. The van der Waals surface area contributed by atoms with Gasteiger partial charge in [-0.3, -0.25) is 4.90 Å². The Bertz CT molecular complexity index is 843. The lowest BCUT2D eigenvalue weighted by molar-refractivity contribution is 0.195. The second kappa shape index (κ2) is 5.81. The van der Waals surface area contributed by atoms with E-state index in [1.807, 2.05) is 24.4 Å². The summed E-state index contributed by atoms with van der Waals surface area (Å²) in [5, 5.41) is 8.80. The molecule has 0 spiro atoms. The van der Waals surface area contributed by atoms with E-state index in [4.69, 9.17) is 0 Å². The Kier molecular flexibility index (Phi) is 3.45. The number of rotatable bonds is 5. The van der Waals surface area contributed by atoms with Crippen molar-refractivity contribution in [3.63, 3.8) is 0 Å². The fraction of sp³-hybridized carbons (Fsp3) is 0.421. The zero-order chi connectivity index (χ0) is 16.8. The summed E-state index contributed by atoms with van der Waals surface area (Å²) in [6, 6.07) is 10.9. The lowest BCUT2D eigenvalue weighted by Crippen LogP contribution is -2.58. The predicted molar refractivity (Wildman–Crippen MR) is 96.7 cm³/mol. The van der Waals surface area contributed by atoms with Crippen LogP contribution in [-0.2, 0) is 6.54 Å². The van der Waals surface area contributed by atoms with Crippen LogP contribution in [0, 0.1) is 0 Å². The van der Waals surface area contributed by atoms with Crippen molar-refractivity contribution in [1.82, 2.24) is 24.5 Å². The summed E-state index contributed by atoms with van der Waals surface area (Å²) in [7, 11) is 2.17. The molecule has 1 aliphatic carbocycles. The summed E-state index contributed by atoms with van der Waals surface area (Å²) >= 11 is 0. The van der Waals surface area contributed by atoms with Crippen LogP contribution in [0.4, 0.5) is 5.82 Å². The minimum absolute atomic E-state index is 0.537. The summed E-state index contributed by atoms with van der Waals surface area (Å²) in [4.78, 5) is 9.37. The van der Waals surface area contributed by atoms with Gasteiger partial charge in [0.05, 0.1) is 11.4 Å². The molecule has 6 heteroatoms. The Labute approximate surface area is 147 Å². The normalized spacial score (nSPS) is 18.1. The molecule has 2 fully saturated rings. The van der Waals surface area contributed by atoms with Gasteiger partial charge in [0.2, 0.25) is 0 Å². The van der Waals surface area contributed by atoms with Crippen LogP contribution in [-0.4, -0.2) is 50.7 Å². The maximum Gasteiger partial charge on any atom is 0.151 e. The van der Waals surface area contributed by atoms with Crippen LogP contribution in [0.5, 0.6) is 0 Å². The van der Waals surface area contributed by atoms with Gasteiger partial charge in [-0.25, -0.2) is 4.98 Å². The van der Waals surface area contributed by atoms with E-state index in [0.717, 1.165) is 42.5 Å². The Morgan fingerprint density at radius 2 is 2.00 bits per heavy atom. The van der Waals surface area contributed by atoms with Crippen molar-refractivity contribution in [2.45, 2.75) is 31.3 Å². The fourth-order valence-electron chi connectivity index (χ4n) is 3.47. The Morgan fingerprint density at radius 3 is 2.72 bits per heavy atom. The van der Waals surface area contributed by atoms with Crippen molar-refractivity contribution >= 4 is 11.5 Å². The summed E-state index contributed by atoms with van der Waals surface area (Å²) < 4.78 is 2.08. The van der Waals surface area contributed by atoms with E-state index >= 15 is 0 Å². The van der Waals surface area contributed by atoms with E-state index in [9.17, 15) is 0 Å². The molecule has 0 aromatic carbocycles. The molecular weight excluding hydrogens is 312 g/mol.